The van der Waals surface area contributed by atoms with Gasteiger partial charge in [0.05, 0.1) is 12.3 Å². The number of thiophene rings is 1. The van der Waals surface area contributed by atoms with Crippen LogP contribution in [-0.2, 0) is 4.74 Å². The van der Waals surface area contributed by atoms with Gasteiger partial charge in [-0.3, -0.25) is 0 Å². The smallest absolute Gasteiger partial charge is 0.343 e. The normalized spacial score (nSPS) is 21.6. The quantitative estimate of drug-likeness (QED) is 0.833. The molecule has 1 fully saturated rings. The van der Waals surface area contributed by atoms with Gasteiger partial charge in [-0.05, 0) is 38.5 Å². The van der Waals surface area contributed by atoms with Gasteiger partial charge in [0.25, 0.3) is 0 Å². The van der Waals surface area contributed by atoms with Gasteiger partial charge in [0.1, 0.15) is 21.5 Å². The average molecular weight is 307 g/mol. The topological polar surface area (TPSA) is 88.1 Å². The summed E-state index contributed by atoms with van der Waals surface area (Å²) in [6.45, 7) is 4.30. The molecule has 0 atom stereocenters. The number of nitrogen functional groups attached to an aromatic ring is 1. The Kier molecular flexibility index (Phi) is 5.07. The second kappa shape index (κ2) is 6.81. The summed E-state index contributed by atoms with van der Waals surface area (Å²) in [6, 6.07) is 2.38. The van der Waals surface area contributed by atoms with Crippen LogP contribution >= 0.6 is 11.3 Å². The van der Waals surface area contributed by atoms with Crippen molar-refractivity contribution in [1.82, 2.24) is 0 Å². The van der Waals surface area contributed by atoms with E-state index >= 15 is 0 Å². The zero-order chi connectivity index (χ0) is 15.4. The minimum Gasteiger partial charge on any atom is -0.462 e. The van der Waals surface area contributed by atoms with Crippen LogP contribution < -0.4 is 11.1 Å². The van der Waals surface area contributed by atoms with E-state index in [1.54, 1.807) is 6.92 Å². The molecule has 0 spiro atoms. The van der Waals surface area contributed by atoms with Crippen molar-refractivity contribution in [2.75, 3.05) is 17.7 Å². The van der Waals surface area contributed by atoms with E-state index in [4.69, 9.17) is 15.7 Å². The van der Waals surface area contributed by atoms with E-state index in [0.717, 1.165) is 18.8 Å². The van der Waals surface area contributed by atoms with E-state index in [1.807, 2.05) is 6.07 Å². The number of nitriles is 1. The summed E-state index contributed by atoms with van der Waals surface area (Å²) in [5, 5.41) is 13.2. The van der Waals surface area contributed by atoms with Crippen molar-refractivity contribution in [3.8, 4) is 6.07 Å². The van der Waals surface area contributed by atoms with Gasteiger partial charge < -0.3 is 15.8 Å². The predicted molar refractivity (Wildman–Crippen MR) is 84.4 cm³/mol. The molecule has 0 saturated heterocycles. The Labute approximate surface area is 129 Å². The molecule has 1 aromatic heterocycles. The van der Waals surface area contributed by atoms with E-state index in [9.17, 15) is 4.79 Å². The number of hydrogen-bond donors (Lipinski definition) is 2. The minimum atomic E-state index is -0.459. The summed E-state index contributed by atoms with van der Waals surface area (Å²) in [4.78, 5) is 12.4. The molecule has 0 radical (unpaired) electrons. The summed E-state index contributed by atoms with van der Waals surface area (Å²) >= 11 is 1.24. The van der Waals surface area contributed by atoms with Crippen molar-refractivity contribution in [3.63, 3.8) is 0 Å². The van der Waals surface area contributed by atoms with Gasteiger partial charge in [0.2, 0.25) is 0 Å². The number of esters is 1. The van der Waals surface area contributed by atoms with Crippen LogP contribution in [0.15, 0.2) is 0 Å². The lowest BCUT2D eigenvalue weighted by molar-refractivity contribution is 0.0529. The summed E-state index contributed by atoms with van der Waals surface area (Å²) < 4.78 is 5.05. The third kappa shape index (κ3) is 3.48. The predicted octanol–water partition coefficient (Wildman–Crippen LogP) is 3.37. The van der Waals surface area contributed by atoms with E-state index in [0.29, 0.717) is 21.5 Å². The molecule has 6 heteroatoms. The maximum absolute atomic E-state index is 12.1. The van der Waals surface area contributed by atoms with Crippen LogP contribution in [0, 0.1) is 17.2 Å². The van der Waals surface area contributed by atoms with Gasteiger partial charge in [-0.15, -0.1) is 11.3 Å². The van der Waals surface area contributed by atoms with E-state index in [-0.39, 0.29) is 12.3 Å². The molecular formula is C15H21N3O2S. The van der Waals surface area contributed by atoms with Gasteiger partial charge in [-0.25, -0.2) is 4.79 Å². The summed E-state index contributed by atoms with van der Waals surface area (Å²) in [7, 11) is 0. The molecule has 1 aliphatic carbocycles. The second-order valence-electron chi connectivity index (χ2n) is 5.48. The molecule has 114 valence electrons. The van der Waals surface area contributed by atoms with Crippen LogP contribution in [0.2, 0.25) is 0 Å². The maximum Gasteiger partial charge on any atom is 0.343 e. The van der Waals surface area contributed by atoms with Gasteiger partial charge in [-0.2, -0.15) is 5.26 Å². The molecule has 1 aliphatic rings. The monoisotopic (exact) mass is 307 g/mol. The van der Waals surface area contributed by atoms with E-state index < -0.39 is 5.97 Å². The van der Waals surface area contributed by atoms with Gasteiger partial charge in [-0.1, -0.05) is 6.92 Å². The number of anilines is 2. The van der Waals surface area contributed by atoms with E-state index in [1.165, 1.54) is 24.2 Å². The first-order chi connectivity index (χ1) is 10.1. The molecule has 1 aromatic rings. The molecule has 3 N–H and O–H groups in total. The number of nitrogens with two attached hydrogens (primary N) is 1. The molecule has 0 aliphatic heterocycles. The SMILES string of the molecule is CCOC(=O)c1c(NC2CCC(C)CC2)sc(C#N)c1N. The number of carbonyl (C=O) groups is 1. The molecular weight excluding hydrogens is 286 g/mol. The Hall–Kier alpha value is -1.74. The van der Waals surface area contributed by atoms with Crippen LogP contribution in [-0.4, -0.2) is 18.6 Å². The molecule has 0 unspecified atom stereocenters. The highest BCUT2D eigenvalue weighted by molar-refractivity contribution is 7.17. The lowest BCUT2D eigenvalue weighted by Gasteiger charge is -2.27. The first kappa shape index (κ1) is 15.6. The molecule has 0 amide bonds. The maximum atomic E-state index is 12.1. The molecule has 1 heterocycles. The summed E-state index contributed by atoms with van der Waals surface area (Å²) in [6.07, 6.45) is 4.50. The van der Waals surface area contributed by atoms with E-state index in [2.05, 4.69) is 12.2 Å². The summed E-state index contributed by atoms with van der Waals surface area (Å²) in [5.74, 6) is 0.301. The molecule has 5 nitrogen and oxygen atoms in total. The van der Waals surface area contributed by atoms with Crippen LogP contribution in [0.4, 0.5) is 10.7 Å². The minimum absolute atomic E-state index is 0.229. The molecule has 0 aromatic carbocycles. The lowest BCUT2D eigenvalue weighted by Crippen LogP contribution is -2.25. The van der Waals surface area contributed by atoms with Crippen LogP contribution in [0.1, 0.15) is 54.8 Å². The number of carbonyl (C=O) groups excluding carboxylic acids is 1. The van der Waals surface area contributed by atoms with Crippen molar-refractivity contribution < 1.29 is 9.53 Å². The fourth-order valence-electron chi connectivity index (χ4n) is 2.62. The largest absolute Gasteiger partial charge is 0.462 e. The Balaban J connectivity index is 2.22. The fourth-order valence-corrected chi connectivity index (χ4v) is 3.61. The summed E-state index contributed by atoms with van der Waals surface area (Å²) in [5.41, 5.74) is 6.47. The average Bonchev–Trinajstić information content (AvgIpc) is 2.77. The highest BCUT2D eigenvalue weighted by Gasteiger charge is 2.26. The molecule has 0 bridgehead atoms. The fraction of sp³-hybridized carbons (Fsp3) is 0.600. The van der Waals surface area contributed by atoms with Crippen LogP contribution in [0.25, 0.3) is 0 Å². The third-order valence-corrected chi connectivity index (χ3v) is 4.92. The number of ether oxygens (including phenoxy) is 1. The van der Waals surface area contributed by atoms with Crippen molar-refractivity contribution in [2.24, 2.45) is 5.92 Å². The lowest BCUT2D eigenvalue weighted by atomic mass is 9.87. The number of hydrogen-bond acceptors (Lipinski definition) is 6. The zero-order valence-corrected chi connectivity index (χ0v) is 13.3. The molecule has 2 rings (SSSR count). The Morgan fingerprint density at radius 2 is 2.14 bits per heavy atom. The first-order valence-electron chi connectivity index (χ1n) is 7.32. The van der Waals surface area contributed by atoms with Crippen molar-refractivity contribution in [1.29, 1.82) is 5.26 Å². The Morgan fingerprint density at radius 1 is 1.48 bits per heavy atom. The standard InChI is InChI=1S/C15H21N3O2S/c1-3-20-15(19)12-13(17)11(8-16)21-14(12)18-10-6-4-9(2)5-7-10/h9-10,18H,3-7,17H2,1-2H3. The third-order valence-electron chi connectivity index (χ3n) is 3.88. The number of nitrogens with one attached hydrogen (secondary N) is 1. The van der Waals surface area contributed by atoms with Crippen LogP contribution in [0.3, 0.4) is 0 Å². The van der Waals surface area contributed by atoms with Gasteiger partial charge in [0.15, 0.2) is 0 Å². The Bertz CT molecular complexity index is 554. The first-order valence-corrected chi connectivity index (χ1v) is 8.14. The highest BCUT2D eigenvalue weighted by atomic mass is 32.1. The molecule has 21 heavy (non-hydrogen) atoms. The van der Waals surface area contributed by atoms with Gasteiger partial charge in [0, 0.05) is 6.04 Å². The van der Waals surface area contributed by atoms with Gasteiger partial charge >= 0.3 is 5.97 Å². The van der Waals surface area contributed by atoms with Crippen LogP contribution in [0.5, 0.6) is 0 Å². The van der Waals surface area contributed by atoms with Crippen molar-refractivity contribution >= 4 is 28.0 Å². The van der Waals surface area contributed by atoms with Crippen molar-refractivity contribution in [3.05, 3.63) is 10.4 Å². The Morgan fingerprint density at radius 3 is 2.71 bits per heavy atom. The number of rotatable bonds is 4. The second-order valence-corrected chi connectivity index (χ2v) is 6.50. The zero-order valence-electron chi connectivity index (χ0n) is 12.4. The molecule has 1 saturated carbocycles. The van der Waals surface area contributed by atoms with Crippen molar-refractivity contribution in [2.45, 2.75) is 45.6 Å². The highest BCUT2D eigenvalue weighted by Crippen LogP contribution is 2.37. The number of nitrogens with zero attached hydrogens (tertiary/aromatic N) is 1.